The molecule has 21 heavy (non-hydrogen) atoms. The van der Waals surface area contributed by atoms with E-state index in [0.29, 0.717) is 11.7 Å². The van der Waals surface area contributed by atoms with E-state index in [1.165, 1.54) is 44.9 Å². The molecule has 4 nitrogen and oxygen atoms in total. The lowest BCUT2D eigenvalue weighted by Crippen LogP contribution is -2.10. The minimum Gasteiger partial charge on any atom is -0.383 e. The molecule has 0 atom stereocenters. The van der Waals surface area contributed by atoms with Crippen LogP contribution in [0.15, 0.2) is 0 Å². The first-order valence-electron chi connectivity index (χ1n) is 8.45. The smallest absolute Gasteiger partial charge is 0.136 e. The molecule has 1 aromatic rings. The van der Waals surface area contributed by atoms with Crippen LogP contribution in [0.2, 0.25) is 0 Å². The molecule has 0 unspecified atom stereocenters. The SMILES string of the molecule is Cc1c(N)nc(C2CC2)nc1NCCCCCCC(C)C. The van der Waals surface area contributed by atoms with E-state index in [1.807, 2.05) is 6.92 Å². The molecule has 0 bridgehead atoms. The molecule has 118 valence electrons. The summed E-state index contributed by atoms with van der Waals surface area (Å²) in [5.74, 6) is 3.87. The Kier molecular flexibility index (Phi) is 5.83. The van der Waals surface area contributed by atoms with Crippen molar-refractivity contribution in [1.29, 1.82) is 0 Å². The number of nitrogens with one attached hydrogen (secondary N) is 1. The highest BCUT2D eigenvalue weighted by Crippen LogP contribution is 2.39. The lowest BCUT2D eigenvalue weighted by Gasteiger charge is -2.12. The van der Waals surface area contributed by atoms with Gasteiger partial charge in [0.05, 0.1) is 0 Å². The highest BCUT2D eigenvalue weighted by molar-refractivity contribution is 5.55. The average Bonchev–Trinajstić information content (AvgIpc) is 3.26. The monoisotopic (exact) mass is 290 g/mol. The van der Waals surface area contributed by atoms with Crippen LogP contribution < -0.4 is 11.1 Å². The number of nitrogen functional groups attached to an aromatic ring is 1. The van der Waals surface area contributed by atoms with Gasteiger partial charge in [-0.3, -0.25) is 0 Å². The Morgan fingerprint density at radius 3 is 2.52 bits per heavy atom. The summed E-state index contributed by atoms with van der Waals surface area (Å²) in [4.78, 5) is 9.06. The van der Waals surface area contributed by atoms with Gasteiger partial charge in [-0.05, 0) is 32.1 Å². The van der Waals surface area contributed by atoms with Crippen LogP contribution in [0.5, 0.6) is 0 Å². The summed E-state index contributed by atoms with van der Waals surface area (Å²) in [5.41, 5.74) is 6.98. The molecule has 1 aliphatic rings. The van der Waals surface area contributed by atoms with Gasteiger partial charge in [0.2, 0.25) is 0 Å². The summed E-state index contributed by atoms with van der Waals surface area (Å²) >= 11 is 0. The average molecular weight is 290 g/mol. The number of rotatable bonds is 9. The minimum atomic E-state index is 0.546. The Labute approximate surface area is 128 Å². The number of nitrogens with two attached hydrogens (primary N) is 1. The van der Waals surface area contributed by atoms with Gasteiger partial charge in [0.15, 0.2) is 0 Å². The first-order valence-corrected chi connectivity index (χ1v) is 8.45. The summed E-state index contributed by atoms with van der Waals surface area (Å²) < 4.78 is 0. The van der Waals surface area contributed by atoms with Crippen LogP contribution >= 0.6 is 0 Å². The number of hydrogen-bond acceptors (Lipinski definition) is 4. The molecule has 0 saturated heterocycles. The Hall–Kier alpha value is -1.32. The first-order chi connectivity index (χ1) is 10.1. The number of hydrogen-bond donors (Lipinski definition) is 2. The van der Waals surface area contributed by atoms with Crippen LogP contribution in [0, 0.1) is 12.8 Å². The molecule has 1 saturated carbocycles. The molecule has 2 rings (SSSR count). The number of unbranched alkanes of at least 4 members (excludes halogenated alkanes) is 3. The van der Waals surface area contributed by atoms with Gasteiger partial charge in [0.25, 0.3) is 0 Å². The van der Waals surface area contributed by atoms with Crippen LogP contribution in [0.3, 0.4) is 0 Å². The van der Waals surface area contributed by atoms with Crippen LogP contribution in [0.25, 0.3) is 0 Å². The van der Waals surface area contributed by atoms with Gasteiger partial charge in [-0.1, -0.05) is 39.5 Å². The number of nitrogens with zero attached hydrogens (tertiary/aromatic N) is 2. The van der Waals surface area contributed by atoms with Crippen LogP contribution in [0.1, 0.15) is 76.1 Å². The molecule has 0 aromatic carbocycles. The Morgan fingerprint density at radius 1 is 1.14 bits per heavy atom. The molecular weight excluding hydrogens is 260 g/mol. The number of aromatic nitrogens is 2. The standard InChI is InChI=1S/C17H30N4/c1-12(2)8-6-4-5-7-11-19-16-13(3)15(18)20-17(21-16)14-9-10-14/h12,14H,4-11H2,1-3H3,(H3,18,19,20,21). The van der Waals surface area contributed by atoms with E-state index in [4.69, 9.17) is 5.73 Å². The zero-order valence-electron chi connectivity index (χ0n) is 13.8. The molecule has 1 aliphatic carbocycles. The van der Waals surface area contributed by atoms with Crippen LogP contribution in [-0.4, -0.2) is 16.5 Å². The fourth-order valence-electron chi connectivity index (χ4n) is 2.49. The fraction of sp³-hybridized carbons (Fsp3) is 0.765. The highest BCUT2D eigenvalue weighted by Gasteiger charge is 2.27. The summed E-state index contributed by atoms with van der Waals surface area (Å²) in [6.07, 6.45) is 8.92. The van der Waals surface area contributed by atoms with Gasteiger partial charge < -0.3 is 11.1 Å². The summed E-state index contributed by atoms with van der Waals surface area (Å²) in [6, 6.07) is 0. The van der Waals surface area contributed by atoms with E-state index in [-0.39, 0.29) is 0 Å². The Balaban J connectivity index is 1.72. The van der Waals surface area contributed by atoms with Crippen LogP contribution in [0.4, 0.5) is 11.6 Å². The molecule has 1 aromatic heterocycles. The molecule has 0 aliphatic heterocycles. The predicted octanol–water partition coefficient (Wildman–Crippen LogP) is 4.26. The first kappa shape index (κ1) is 16.1. The van der Waals surface area contributed by atoms with Crippen molar-refractivity contribution in [3.8, 4) is 0 Å². The highest BCUT2D eigenvalue weighted by atomic mass is 15.1. The van der Waals surface area contributed by atoms with Crippen molar-refractivity contribution in [3.05, 3.63) is 11.4 Å². The third-order valence-corrected chi connectivity index (χ3v) is 4.14. The van der Waals surface area contributed by atoms with Crippen molar-refractivity contribution < 1.29 is 0 Å². The third kappa shape index (κ3) is 5.18. The second-order valence-corrected chi connectivity index (χ2v) is 6.74. The van der Waals surface area contributed by atoms with Gasteiger partial charge in [-0.15, -0.1) is 0 Å². The Bertz CT molecular complexity index is 452. The van der Waals surface area contributed by atoms with Gasteiger partial charge >= 0.3 is 0 Å². The second kappa shape index (κ2) is 7.62. The van der Waals surface area contributed by atoms with E-state index in [0.717, 1.165) is 29.7 Å². The molecular formula is C17H30N4. The molecule has 0 amide bonds. The van der Waals surface area contributed by atoms with Crippen molar-refractivity contribution in [3.63, 3.8) is 0 Å². The number of anilines is 2. The van der Waals surface area contributed by atoms with Gasteiger partial charge in [-0.25, -0.2) is 9.97 Å². The van der Waals surface area contributed by atoms with Gasteiger partial charge in [0.1, 0.15) is 17.5 Å². The van der Waals surface area contributed by atoms with Crippen molar-refractivity contribution in [2.45, 2.75) is 71.6 Å². The maximum absolute atomic E-state index is 5.99. The van der Waals surface area contributed by atoms with Crippen molar-refractivity contribution in [2.24, 2.45) is 5.92 Å². The molecule has 4 heteroatoms. The van der Waals surface area contributed by atoms with E-state index in [1.54, 1.807) is 0 Å². The zero-order chi connectivity index (χ0) is 15.2. The van der Waals surface area contributed by atoms with Gasteiger partial charge in [-0.2, -0.15) is 0 Å². The van der Waals surface area contributed by atoms with E-state index < -0.39 is 0 Å². The third-order valence-electron chi connectivity index (χ3n) is 4.14. The maximum Gasteiger partial charge on any atom is 0.136 e. The predicted molar refractivity (Wildman–Crippen MR) is 89.6 cm³/mol. The Morgan fingerprint density at radius 2 is 1.86 bits per heavy atom. The van der Waals surface area contributed by atoms with Crippen molar-refractivity contribution in [1.82, 2.24) is 9.97 Å². The van der Waals surface area contributed by atoms with E-state index in [9.17, 15) is 0 Å². The van der Waals surface area contributed by atoms with E-state index in [2.05, 4.69) is 29.1 Å². The summed E-state index contributed by atoms with van der Waals surface area (Å²) in [5, 5.41) is 3.45. The molecule has 0 radical (unpaired) electrons. The zero-order valence-corrected chi connectivity index (χ0v) is 13.8. The maximum atomic E-state index is 5.99. The lowest BCUT2D eigenvalue weighted by atomic mass is 10.0. The fourth-order valence-corrected chi connectivity index (χ4v) is 2.49. The molecule has 1 fully saturated rings. The lowest BCUT2D eigenvalue weighted by molar-refractivity contribution is 0.523. The molecule has 3 N–H and O–H groups in total. The van der Waals surface area contributed by atoms with Crippen molar-refractivity contribution in [2.75, 3.05) is 17.6 Å². The normalized spacial score (nSPS) is 14.7. The molecule has 0 spiro atoms. The summed E-state index contributed by atoms with van der Waals surface area (Å²) in [6.45, 7) is 7.56. The van der Waals surface area contributed by atoms with Crippen molar-refractivity contribution >= 4 is 11.6 Å². The van der Waals surface area contributed by atoms with Gasteiger partial charge in [0, 0.05) is 18.0 Å². The van der Waals surface area contributed by atoms with Crippen LogP contribution in [-0.2, 0) is 0 Å². The summed E-state index contributed by atoms with van der Waals surface area (Å²) in [7, 11) is 0. The largest absolute Gasteiger partial charge is 0.383 e. The molecule has 1 heterocycles. The second-order valence-electron chi connectivity index (χ2n) is 6.74. The quantitative estimate of drug-likeness (QED) is 0.667. The minimum absolute atomic E-state index is 0.546. The topological polar surface area (TPSA) is 63.8 Å². The van der Waals surface area contributed by atoms with E-state index >= 15 is 0 Å².